The molecular formula is C16H16N2O2. The van der Waals surface area contributed by atoms with Gasteiger partial charge in [0.1, 0.15) is 12.4 Å². The fourth-order valence-electron chi connectivity index (χ4n) is 2.15. The molecule has 0 spiro atoms. The first-order valence-corrected chi connectivity index (χ1v) is 6.65. The van der Waals surface area contributed by atoms with Gasteiger partial charge in [0.15, 0.2) is 0 Å². The number of anilines is 1. The van der Waals surface area contributed by atoms with E-state index in [1.54, 1.807) is 0 Å². The van der Waals surface area contributed by atoms with Crippen molar-refractivity contribution in [1.29, 1.82) is 0 Å². The number of carbonyl (C=O) groups excluding carboxylic acids is 1. The Kier molecular flexibility index (Phi) is 3.54. The maximum absolute atomic E-state index is 11.2. The molecule has 1 aliphatic heterocycles. The lowest BCUT2D eigenvalue weighted by Gasteiger charge is -2.18. The number of carbonyl (C=O) groups is 1. The van der Waals surface area contributed by atoms with Crippen molar-refractivity contribution in [3.05, 3.63) is 60.2 Å². The van der Waals surface area contributed by atoms with Gasteiger partial charge in [0.05, 0.1) is 5.69 Å². The van der Waals surface area contributed by atoms with Crippen molar-refractivity contribution >= 4 is 11.6 Å². The van der Waals surface area contributed by atoms with E-state index in [-0.39, 0.29) is 5.91 Å². The highest BCUT2D eigenvalue weighted by Gasteiger charge is 2.18. The first kappa shape index (κ1) is 12.5. The quantitative estimate of drug-likeness (QED) is 0.926. The van der Waals surface area contributed by atoms with E-state index in [1.807, 2.05) is 59.6 Å². The molecule has 2 aromatic carbocycles. The predicted octanol–water partition coefficient (Wildman–Crippen LogP) is 2.51. The van der Waals surface area contributed by atoms with Crippen LogP contribution in [0.15, 0.2) is 54.6 Å². The summed E-state index contributed by atoms with van der Waals surface area (Å²) >= 11 is 0. The lowest BCUT2D eigenvalue weighted by atomic mass is 10.2. The molecule has 2 aromatic rings. The fourth-order valence-corrected chi connectivity index (χ4v) is 2.15. The van der Waals surface area contributed by atoms with Crippen molar-refractivity contribution in [2.24, 2.45) is 0 Å². The molecule has 0 saturated carbocycles. The van der Waals surface area contributed by atoms with Gasteiger partial charge < -0.3 is 4.74 Å². The lowest BCUT2D eigenvalue weighted by Crippen LogP contribution is -2.32. The van der Waals surface area contributed by atoms with Crippen LogP contribution in [0.4, 0.5) is 5.69 Å². The number of hydrazine groups is 1. The van der Waals surface area contributed by atoms with Crippen LogP contribution < -0.4 is 15.2 Å². The van der Waals surface area contributed by atoms with E-state index < -0.39 is 0 Å². The van der Waals surface area contributed by atoms with Crippen LogP contribution in [0, 0.1) is 0 Å². The molecule has 0 bridgehead atoms. The zero-order chi connectivity index (χ0) is 13.8. The number of ether oxygens (including phenoxy) is 1. The van der Waals surface area contributed by atoms with Crippen LogP contribution >= 0.6 is 0 Å². The van der Waals surface area contributed by atoms with Crippen LogP contribution in [0.25, 0.3) is 0 Å². The molecule has 1 fully saturated rings. The van der Waals surface area contributed by atoms with Gasteiger partial charge in [-0.1, -0.05) is 36.4 Å². The van der Waals surface area contributed by atoms with Crippen LogP contribution in [-0.4, -0.2) is 12.5 Å². The minimum absolute atomic E-state index is 0.0561. The fraction of sp³-hybridized carbons (Fsp3) is 0.188. The minimum atomic E-state index is 0.0561. The van der Waals surface area contributed by atoms with Gasteiger partial charge >= 0.3 is 0 Å². The average Bonchev–Trinajstić information content (AvgIpc) is 2.93. The molecular weight excluding hydrogens is 252 g/mol. The van der Waals surface area contributed by atoms with Crippen molar-refractivity contribution in [1.82, 2.24) is 5.43 Å². The molecule has 0 radical (unpaired) electrons. The largest absolute Gasteiger partial charge is 0.489 e. The zero-order valence-electron chi connectivity index (χ0n) is 11.1. The Morgan fingerprint density at radius 3 is 2.70 bits per heavy atom. The molecule has 4 heteroatoms. The van der Waals surface area contributed by atoms with Gasteiger partial charge in [-0.05, 0) is 17.7 Å². The van der Waals surface area contributed by atoms with Gasteiger partial charge in [0.25, 0.3) is 0 Å². The lowest BCUT2D eigenvalue weighted by molar-refractivity contribution is -0.119. The third-order valence-corrected chi connectivity index (χ3v) is 3.20. The Balaban J connectivity index is 1.67. The van der Waals surface area contributed by atoms with Crippen LogP contribution in [0.1, 0.15) is 12.0 Å². The van der Waals surface area contributed by atoms with E-state index in [0.717, 1.165) is 17.0 Å². The number of nitrogens with one attached hydrogen (secondary N) is 1. The Hall–Kier alpha value is -2.49. The molecule has 3 rings (SSSR count). The summed E-state index contributed by atoms with van der Waals surface area (Å²) in [6.45, 7) is 1.23. The van der Waals surface area contributed by atoms with Gasteiger partial charge in [0.2, 0.25) is 5.91 Å². The highest BCUT2D eigenvalue weighted by molar-refractivity contribution is 5.81. The maximum Gasteiger partial charge on any atom is 0.240 e. The minimum Gasteiger partial charge on any atom is -0.489 e. The van der Waals surface area contributed by atoms with Gasteiger partial charge in [-0.25, -0.2) is 0 Å². The second-order valence-electron chi connectivity index (χ2n) is 4.71. The first-order chi connectivity index (χ1) is 9.81. The first-order valence-electron chi connectivity index (χ1n) is 6.65. The molecule has 4 nitrogen and oxygen atoms in total. The van der Waals surface area contributed by atoms with Gasteiger partial charge in [-0.2, -0.15) is 0 Å². The predicted molar refractivity (Wildman–Crippen MR) is 77.3 cm³/mol. The normalized spacial score (nSPS) is 14.2. The van der Waals surface area contributed by atoms with E-state index in [9.17, 15) is 4.79 Å². The number of amides is 1. The van der Waals surface area contributed by atoms with Crippen LogP contribution in [0.3, 0.4) is 0 Å². The Bertz CT molecular complexity index is 598. The summed E-state index contributed by atoms with van der Waals surface area (Å²) in [6.07, 6.45) is 0.537. The zero-order valence-corrected chi connectivity index (χ0v) is 11.1. The summed E-state index contributed by atoms with van der Waals surface area (Å²) in [4.78, 5) is 11.2. The smallest absolute Gasteiger partial charge is 0.240 e. The average molecular weight is 268 g/mol. The van der Waals surface area contributed by atoms with Crippen LogP contribution in [0.2, 0.25) is 0 Å². The molecule has 1 heterocycles. The second-order valence-corrected chi connectivity index (χ2v) is 4.71. The van der Waals surface area contributed by atoms with Crippen LogP contribution in [-0.2, 0) is 11.4 Å². The Morgan fingerprint density at radius 2 is 1.95 bits per heavy atom. The third kappa shape index (κ3) is 2.91. The van der Waals surface area contributed by atoms with E-state index in [0.29, 0.717) is 19.6 Å². The van der Waals surface area contributed by atoms with Crippen molar-refractivity contribution < 1.29 is 9.53 Å². The highest BCUT2D eigenvalue weighted by Crippen LogP contribution is 2.22. The number of nitrogens with zero attached hydrogens (tertiary/aromatic N) is 1. The molecule has 0 aliphatic carbocycles. The van der Waals surface area contributed by atoms with E-state index in [4.69, 9.17) is 4.74 Å². The van der Waals surface area contributed by atoms with Gasteiger partial charge in [-0.15, -0.1) is 0 Å². The second kappa shape index (κ2) is 5.65. The Labute approximate surface area is 117 Å². The standard InChI is InChI=1S/C16H16N2O2/c19-16-9-10-18(17-16)14-7-4-8-15(11-14)20-12-13-5-2-1-3-6-13/h1-8,11H,9-10,12H2,(H,17,19). The van der Waals surface area contributed by atoms with E-state index in [2.05, 4.69) is 5.43 Å². The topological polar surface area (TPSA) is 41.6 Å². The number of rotatable bonds is 4. The summed E-state index contributed by atoms with van der Waals surface area (Å²) in [5, 5.41) is 1.84. The third-order valence-electron chi connectivity index (χ3n) is 3.20. The summed E-state index contributed by atoms with van der Waals surface area (Å²) in [6, 6.07) is 17.8. The van der Waals surface area contributed by atoms with Crippen molar-refractivity contribution in [2.75, 3.05) is 11.6 Å². The van der Waals surface area contributed by atoms with E-state index >= 15 is 0 Å². The van der Waals surface area contributed by atoms with Crippen molar-refractivity contribution in [3.8, 4) is 5.75 Å². The van der Waals surface area contributed by atoms with Crippen molar-refractivity contribution in [3.63, 3.8) is 0 Å². The highest BCUT2D eigenvalue weighted by atomic mass is 16.5. The summed E-state index contributed by atoms with van der Waals surface area (Å²) < 4.78 is 5.78. The monoisotopic (exact) mass is 268 g/mol. The number of hydrogen-bond acceptors (Lipinski definition) is 3. The molecule has 1 N–H and O–H groups in total. The van der Waals surface area contributed by atoms with Gasteiger partial charge in [0, 0.05) is 19.0 Å². The Morgan fingerprint density at radius 1 is 1.10 bits per heavy atom. The molecule has 0 unspecified atom stereocenters. The molecule has 1 amide bonds. The van der Waals surface area contributed by atoms with Crippen molar-refractivity contribution in [2.45, 2.75) is 13.0 Å². The SMILES string of the molecule is O=C1CCN(c2cccc(OCc3ccccc3)c2)N1. The van der Waals surface area contributed by atoms with E-state index in [1.165, 1.54) is 0 Å². The molecule has 20 heavy (non-hydrogen) atoms. The summed E-state index contributed by atoms with van der Waals surface area (Å²) in [7, 11) is 0. The molecule has 1 saturated heterocycles. The molecule has 102 valence electrons. The number of hydrogen-bond donors (Lipinski definition) is 1. The molecule has 1 aliphatic rings. The molecule has 0 aromatic heterocycles. The van der Waals surface area contributed by atoms with Gasteiger partial charge in [-0.3, -0.25) is 15.2 Å². The molecule has 0 atom stereocenters. The summed E-state index contributed by atoms with van der Waals surface area (Å²) in [5.41, 5.74) is 4.89. The van der Waals surface area contributed by atoms with Crippen LogP contribution in [0.5, 0.6) is 5.75 Å². The maximum atomic E-state index is 11.2. The summed E-state index contributed by atoms with van der Waals surface area (Å²) in [5.74, 6) is 0.855. The number of benzene rings is 2.